The number of methoxy groups -OCH3 is 1. The van der Waals surface area contributed by atoms with Crippen LogP contribution >= 0.6 is 0 Å². The molecule has 13 heteroatoms. The molecule has 2 aliphatic rings. The zero-order valence-electron chi connectivity index (χ0n) is 25.8. The predicted molar refractivity (Wildman–Crippen MR) is 159 cm³/mol. The molecule has 0 bridgehead atoms. The third-order valence-corrected chi connectivity index (χ3v) is 7.58. The lowest BCUT2D eigenvalue weighted by Crippen LogP contribution is -2.58. The van der Waals surface area contributed by atoms with Gasteiger partial charge in [-0.1, -0.05) is 49.3 Å². The van der Waals surface area contributed by atoms with E-state index < -0.39 is 41.4 Å². The first-order valence-corrected chi connectivity index (χ1v) is 15.0. The summed E-state index contributed by atoms with van der Waals surface area (Å²) in [4.78, 5) is 55.5. The van der Waals surface area contributed by atoms with Crippen LogP contribution in [0.25, 0.3) is 0 Å². The van der Waals surface area contributed by atoms with Crippen LogP contribution in [0.15, 0.2) is 40.9 Å². The molecule has 3 unspecified atom stereocenters. The number of carbonyl (C=O) groups is 4. The Morgan fingerprint density at radius 1 is 1.00 bits per heavy atom. The van der Waals surface area contributed by atoms with Crippen molar-refractivity contribution in [2.45, 2.75) is 63.9 Å². The standard InChI is InChI=1S/C31H43N5O8/c1-20(2)14-23(27(37)31(3)19-43-31)32-28(38)24(15-21-8-6-5-7-9-21)33-30(40)26(18-41-4)34-29(39)25-16-22(44-35-25)17-36-10-12-42-13-11-36/h5-9,16,20,23-24,26H,10-15,17-19H2,1-4H3,(H,32,38)(H,33,40)(H,34,39)/t23?,24?,26?,31-/m1/s1. The van der Waals surface area contributed by atoms with Crippen molar-refractivity contribution in [3.8, 4) is 0 Å². The lowest BCUT2D eigenvalue weighted by atomic mass is 9.93. The lowest BCUT2D eigenvalue weighted by Gasteiger charge is -2.26. The number of carbonyl (C=O) groups excluding carboxylic acids is 4. The molecule has 3 amide bonds. The molecule has 2 aromatic rings. The van der Waals surface area contributed by atoms with Crippen LogP contribution in [0.4, 0.5) is 0 Å². The number of hydrogen-bond donors (Lipinski definition) is 3. The number of amides is 3. The zero-order valence-corrected chi connectivity index (χ0v) is 25.8. The number of ketones is 1. The van der Waals surface area contributed by atoms with Crippen LogP contribution in [0.5, 0.6) is 0 Å². The van der Waals surface area contributed by atoms with Crippen molar-refractivity contribution in [3.05, 3.63) is 53.4 Å². The largest absolute Gasteiger partial charge is 0.382 e. The second kappa shape index (κ2) is 15.4. The van der Waals surface area contributed by atoms with Crippen molar-refractivity contribution in [3.63, 3.8) is 0 Å². The fraction of sp³-hybridized carbons (Fsp3) is 0.581. The van der Waals surface area contributed by atoms with Gasteiger partial charge in [-0.05, 0) is 24.8 Å². The van der Waals surface area contributed by atoms with Gasteiger partial charge in [-0.25, -0.2) is 0 Å². The molecule has 4 atom stereocenters. The summed E-state index contributed by atoms with van der Waals surface area (Å²) >= 11 is 0. The smallest absolute Gasteiger partial charge is 0.274 e. The van der Waals surface area contributed by atoms with E-state index in [1.807, 2.05) is 44.2 Å². The third-order valence-electron chi connectivity index (χ3n) is 7.58. The van der Waals surface area contributed by atoms with E-state index in [-0.39, 0.29) is 30.4 Å². The van der Waals surface area contributed by atoms with Crippen molar-refractivity contribution in [2.24, 2.45) is 5.92 Å². The highest BCUT2D eigenvalue weighted by Gasteiger charge is 2.50. The van der Waals surface area contributed by atoms with Gasteiger partial charge in [0.25, 0.3) is 5.91 Å². The number of ether oxygens (including phenoxy) is 3. The minimum atomic E-state index is -1.13. The van der Waals surface area contributed by atoms with Gasteiger partial charge in [0.2, 0.25) is 11.8 Å². The Kier molecular flexibility index (Phi) is 11.6. The average Bonchev–Trinajstić information content (AvgIpc) is 3.59. The van der Waals surface area contributed by atoms with E-state index in [4.69, 9.17) is 18.7 Å². The van der Waals surface area contributed by atoms with Crippen LogP contribution in [-0.2, 0) is 41.6 Å². The molecule has 0 spiro atoms. The normalized spacial score (nSPS) is 20.4. The van der Waals surface area contributed by atoms with E-state index in [1.165, 1.54) is 13.2 Å². The van der Waals surface area contributed by atoms with E-state index >= 15 is 0 Å². The molecule has 3 N–H and O–H groups in total. The van der Waals surface area contributed by atoms with Gasteiger partial charge in [-0.2, -0.15) is 0 Å². The second-order valence-electron chi connectivity index (χ2n) is 11.9. The molecule has 3 heterocycles. The van der Waals surface area contributed by atoms with Gasteiger partial charge in [0, 0.05) is 32.7 Å². The number of hydrogen-bond acceptors (Lipinski definition) is 10. The number of aromatic nitrogens is 1. The van der Waals surface area contributed by atoms with Gasteiger partial charge in [-0.3, -0.25) is 24.1 Å². The number of nitrogens with one attached hydrogen (secondary N) is 3. The molecule has 2 fully saturated rings. The molecule has 0 radical (unpaired) electrons. The summed E-state index contributed by atoms with van der Waals surface area (Å²) in [6.45, 7) is 9.00. The third kappa shape index (κ3) is 9.42. The van der Waals surface area contributed by atoms with Crippen molar-refractivity contribution in [1.82, 2.24) is 26.0 Å². The van der Waals surface area contributed by atoms with Crippen LogP contribution in [0.1, 0.15) is 49.0 Å². The zero-order chi connectivity index (χ0) is 31.7. The Morgan fingerprint density at radius 3 is 2.30 bits per heavy atom. The summed E-state index contributed by atoms with van der Waals surface area (Å²) in [6.07, 6.45) is 0.583. The first-order valence-electron chi connectivity index (χ1n) is 15.0. The van der Waals surface area contributed by atoms with Gasteiger partial charge >= 0.3 is 0 Å². The summed E-state index contributed by atoms with van der Waals surface area (Å²) in [5, 5.41) is 12.1. The summed E-state index contributed by atoms with van der Waals surface area (Å²) in [5.74, 6) is -1.32. The summed E-state index contributed by atoms with van der Waals surface area (Å²) in [6, 6.07) is 7.79. The van der Waals surface area contributed by atoms with Gasteiger partial charge in [0.05, 0.1) is 39.0 Å². The molecule has 2 aliphatic heterocycles. The molecule has 1 aromatic heterocycles. The maximum absolute atomic E-state index is 13.6. The first-order chi connectivity index (χ1) is 21.1. The molecule has 240 valence electrons. The van der Waals surface area contributed by atoms with Crippen LogP contribution in [0.3, 0.4) is 0 Å². The van der Waals surface area contributed by atoms with Crippen LogP contribution in [0.2, 0.25) is 0 Å². The van der Waals surface area contributed by atoms with E-state index in [0.717, 1.165) is 18.7 Å². The minimum Gasteiger partial charge on any atom is -0.382 e. The number of Topliss-reactive ketones (excluding diaryl/α,β-unsaturated/α-hetero) is 1. The van der Waals surface area contributed by atoms with Crippen molar-refractivity contribution in [1.29, 1.82) is 0 Å². The fourth-order valence-electron chi connectivity index (χ4n) is 4.98. The monoisotopic (exact) mass is 613 g/mol. The maximum atomic E-state index is 13.6. The highest BCUT2D eigenvalue weighted by Crippen LogP contribution is 2.29. The van der Waals surface area contributed by atoms with Gasteiger partial charge in [0.15, 0.2) is 17.2 Å². The van der Waals surface area contributed by atoms with Crippen molar-refractivity contribution >= 4 is 23.5 Å². The molecule has 13 nitrogen and oxygen atoms in total. The predicted octanol–water partition coefficient (Wildman–Crippen LogP) is 0.868. The first kappa shape index (κ1) is 33.2. The number of epoxide rings is 1. The number of nitrogens with zero attached hydrogens (tertiary/aromatic N) is 2. The Morgan fingerprint density at radius 2 is 1.66 bits per heavy atom. The number of rotatable bonds is 16. The molecule has 4 rings (SSSR count). The molecular formula is C31H43N5O8. The summed E-state index contributed by atoms with van der Waals surface area (Å²) in [7, 11) is 1.40. The van der Waals surface area contributed by atoms with E-state index in [1.54, 1.807) is 6.92 Å². The molecule has 1 aromatic carbocycles. The molecule has 44 heavy (non-hydrogen) atoms. The Bertz CT molecular complexity index is 1270. The van der Waals surface area contributed by atoms with Crippen LogP contribution in [0, 0.1) is 5.92 Å². The quantitative estimate of drug-likeness (QED) is 0.231. The highest BCUT2D eigenvalue weighted by atomic mass is 16.6. The Hall–Kier alpha value is -3.65. The van der Waals surface area contributed by atoms with E-state index in [9.17, 15) is 19.2 Å². The highest BCUT2D eigenvalue weighted by molar-refractivity contribution is 5.99. The molecule has 2 saturated heterocycles. The number of benzene rings is 1. The lowest BCUT2D eigenvalue weighted by molar-refractivity contribution is -0.133. The Balaban J connectivity index is 1.45. The fourth-order valence-corrected chi connectivity index (χ4v) is 4.98. The van der Waals surface area contributed by atoms with Gasteiger partial charge < -0.3 is 34.7 Å². The minimum absolute atomic E-state index is 0.0200. The summed E-state index contributed by atoms with van der Waals surface area (Å²) in [5.41, 5.74) is -0.0892. The van der Waals surface area contributed by atoms with Gasteiger partial charge in [0.1, 0.15) is 17.7 Å². The van der Waals surface area contributed by atoms with E-state index in [2.05, 4.69) is 26.0 Å². The maximum Gasteiger partial charge on any atom is 0.274 e. The van der Waals surface area contributed by atoms with Crippen LogP contribution in [-0.4, -0.2) is 104 Å². The van der Waals surface area contributed by atoms with E-state index in [0.29, 0.717) is 38.5 Å². The number of morpholine rings is 1. The topological polar surface area (TPSA) is 165 Å². The van der Waals surface area contributed by atoms with Gasteiger partial charge in [-0.15, -0.1) is 0 Å². The van der Waals surface area contributed by atoms with Crippen molar-refractivity contribution < 1.29 is 37.9 Å². The van der Waals surface area contributed by atoms with Crippen molar-refractivity contribution in [2.75, 3.05) is 46.6 Å². The van der Waals surface area contributed by atoms with Crippen LogP contribution < -0.4 is 16.0 Å². The SMILES string of the molecule is COCC(NC(=O)c1cc(CN2CCOCC2)on1)C(=O)NC(Cc1ccccc1)C(=O)NC(CC(C)C)C(=O)[C@@]1(C)CO1. The molecule has 0 saturated carbocycles. The molecular weight excluding hydrogens is 570 g/mol. The second-order valence-corrected chi connectivity index (χ2v) is 11.9. The summed E-state index contributed by atoms with van der Waals surface area (Å²) < 4.78 is 21.3. The average molecular weight is 614 g/mol. The Labute approximate surface area is 257 Å². The molecule has 0 aliphatic carbocycles.